The number of aromatic nitrogens is 3. The van der Waals surface area contributed by atoms with E-state index in [0.29, 0.717) is 29.5 Å². The Labute approximate surface area is 267 Å². The average molecular weight is 629 g/mol. The Kier molecular flexibility index (Phi) is 10.8. The summed E-state index contributed by atoms with van der Waals surface area (Å²) in [5.41, 5.74) is 4.25. The molecule has 1 aliphatic heterocycles. The summed E-state index contributed by atoms with van der Waals surface area (Å²) in [6, 6.07) is 17.2. The largest absolute Gasteiger partial charge is 0.496 e. The summed E-state index contributed by atoms with van der Waals surface area (Å²) >= 11 is 0. The molecule has 1 fully saturated rings. The van der Waals surface area contributed by atoms with Gasteiger partial charge in [0.25, 0.3) is 5.91 Å². The van der Waals surface area contributed by atoms with Gasteiger partial charge in [0, 0.05) is 53.5 Å². The summed E-state index contributed by atoms with van der Waals surface area (Å²) in [5.74, 6) is -0.115. The molecule has 0 atom stereocenters. The Morgan fingerprint density at radius 2 is 1.80 bits per heavy atom. The number of anilines is 3. The van der Waals surface area contributed by atoms with Crippen molar-refractivity contribution in [1.29, 1.82) is 5.26 Å². The standard InChI is InChI=1S/C33H37FN8O4/c1-44-17-16-40-12-14-41(15-13-40)29-9-11-32(39-28(29)22-45-2)38-27-21-37-42(30(27)19-35)25-7-4-23(5-8-25)20-36-33(43)26-18-24(34)6-10-31(26)46-3/h4-11,18,21H,12-17,20,22H2,1-3H3,(H,36,43)(H,38,39). The van der Waals surface area contributed by atoms with E-state index in [2.05, 4.69) is 31.6 Å². The van der Waals surface area contributed by atoms with Crippen LogP contribution in [0.4, 0.5) is 21.6 Å². The predicted octanol–water partition coefficient (Wildman–Crippen LogP) is 3.88. The number of carbonyl (C=O) groups is 1. The molecule has 2 aromatic carbocycles. The summed E-state index contributed by atoms with van der Waals surface area (Å²) < 4.78 is 31.1. The van der Waals surface area contributed by atoms with Gasteiger partial charge in [-0.25, -0.2) is 14.1 Å². The molecule has 5 rings (SSSR count). The fourth-order valence-electron chi connectivity index (χ4n) is 5.30. The Morgan fingerprint density at radius 3 is 2.50 bits per heavy atom. The van der Waals surface area contributed by atoms with Crippen LogP contribution >= 0.6 is 0 Å². The number of piperazine rings is 1. The van der Waals surface area contributed by atoms with Crippen LogP contribution in [0.3, 0.4) is 0 Å². The van der Waals surface area contributed by atoms with Crippen molar-refractivity contribution in [2.45, 2.75) is 13.2 Å². The van der Waals surface area contributed by atoms with Crippen molar-refractivity contribution in [3.05, 3.63) is 89.1 Å². The van der Waals surface area contributed by atoms with Gasteiger partial charge in [0.1, 0.15) is 23.5 Å². The van der Waals surface area contributed by atoms with Crippen molar-refractivity contribution in [2.24, 2.45) is 0 Å². The average Bonchev–Trinajstić information content (AvgIpc) is 3.49. The van der Waals surface area contributed by atoms with Crippen molar-refractivity contribution >= 4 is 23.1 Å². The summed E-state index contributed by atoms with van der Waals surface area (Å²) in [4.78, 5) is 22.2. The Morgan fingerprint density at radius 1 is 1.02 bits per heavy atom. The third-order valence-electron chi connectivity index (χ3n) is 7.73. The lowest BCUT2D eigenvalue weighted by molar-refractivity contribution is 0.0947. The van der Waals surface area contributed by atoms with Gasteiger partial charge in [0.05, 0.1) is 54.8 Å². The molecule has 13 heteroatoms. The number of halogens is 1. The first-order valence-corrected chi connectivity index (χ1v) is 14.8. The van der Waals surface area contributed by atoms with E-state index >= 15 is 0 Å². The second-order valence-electron chi connectivity index (χ2n) is 10.7. The molecule has 1 amide bonds. The number of pyridine rings is 1. The van der Waals surface area contributed by atoms with Gasteiger partial charge in [-0.2, -0.15) is 10.4 Å². The first-order valence-electron chi connectivity index (χ1n) is 14.8. The zero-order valence-corrected chi connectivity index (χ0v) is 26.1. The fourth-order valence-corrected chi connectivity index (χ4v) is 5.30. The van der Waals surface area contributed by atoms with Crippen LogP contribution in [0.5, 0.6) is 5.75 Å². The number of hydrogen-bond donors (Lipinski definition) is 2. The molecule has 2 aromatic heterocycles. The highest BCUT2D eigenvalue weighted by atomic mass is 19.1. The first-order chi connectivity index (χ1) is 22.4. The lowest BCUT2D eigenvalue weighted by Gasteiger charge is -2.36. The third kappa shape index (κ3) is 7.60. The van der Waals surface area contributed by atoms with Crippen molar-refractivity contribution in [3.63, 3.8) is 0 Å². The number of methoxy groups -OCH3 is 3. The molecule has 1 saturated heterocycles. The van der Waals surface area contributed by atoms with Crippen LogP contribution in [0.25, 0.3) is 5.69 Å². The van der Waals surface area contributed by atoms with Gasteiger partial charge in [-0.15, -0.1) is 0 Å². The van der Waals surface area contributed by atoms with Crippen molar-refractivity contribution < 1.29 is 23.4 Å². The summed E-state index contributed by atoms with van der Waals surface area (Å²) in [7, 11) is 4.79. The lowest BCUT2D eigenvalue weighted by Crippen LogP contribution is -2.47. The molecule has 0 aliphatic carbocycles. The minimum atomic E-state index is -0.525. The summed E-state index contributed by atoms with van der Waals surface area (Å²) in [6.07, 6.45) is 1.59. The highest BCUT2D eigenvalue weighted by Crippen LogP contribution is 2.27. The Bertz CT molecular complexity index is 1680. The van der Waals surface area contributed by atoms with Crippen molar-refractivity contribution in [1.82, 2.24) is 25.0 Å². The SMILES string of the molecule is COCCN1CCN(c2ccc(Nc3cnn(-c4ccc(CNC(=O)c5cc(F)ccc5OC)cc4)c3C#N)nc2COC)CC1. The molecule has 0 unspecified atom stereocenters. The number of nitriles is 1. The molecule has 12 nitrogen and oxygen atoms in total. The second kappa shape index (κ2) is 15.3. The van der Waals surface area contributed by atoms with Crippen LogP contribution in [-0.4, -0.2) is 86.2 Å². The van der Waals surface area contributed by atoms with Gasteiger partial charge in [0.2, 0.25) is 0 Å². The molecule has 0 bridgehead atoms. The number of rotatable bonds is 13. The molecule has 240 valence electrons. The zero-order chi connectivity index (χ0) is 32.5. The van der Waals surface area contributed by atoms with Crippen LogP contribution < -0.4 is 20.3 Å². The number of benzene rings is 2. The van der Waals surface area contributed by atoms with Crippen LogP contribution in [0, 0.1) is 17.1 Å². The van der Waals surface area contributed by atoms with E-state index in [0.717, 1.165) is 62.3 Å². The Hall–Kier alpha value is -5.03. The van der Waals surface area contributed by atoms with Crippen LogP contribution in [0.15, 0.2) is 60.8 Å². The second-order valence-corrected chi connectivity index (χ2v) is 10.7. The maximum absolute atomic E-state index is 13.7. The molecule has 0 saturated carbocycles. The van der Waals surface area contributed by atoms with Gasteiger partial charge in [-0.05, 0) is 48.0 Å². The predicted molar refractivity (Wildman–Crippen MR) is 171 cm³/mol. The van der Waals surface area contributed by atoms with Gasteiger partial charge >= 0.3 is 0 Å². The number of amides is 1. The van der Waals surface area contributed by atoms with E-state index in [9.17, 15) is 14.4 Å². The molecule has 46 heavy (non-hydrogen) atoms. The molecule has 4 aromatic rings. The smallest absolute Gasteiger partial charge is 0.255 e. The van der Waals surface area contributed by atoms with Gasteiger partial charge in [0.15, 0.2) is 5.69 Å². The number of carbonyl (C=O) groups excluding carboxylic acids is 1. The van der Waals surface area contributed by atoms with Gasteiger partial charge < -0.3 is 29.7 Å². The maximum Gasteiger partial charge on any atom is 0.255 e. The van der Waals surface area contributed by atoms with Crippen LogP contribution in [-0.2, 0) is 22.6 Å². The normalized spacial score (nSPS) is 13.3. The lowest BCUT2D eigenvalue weighted by atomic mass is 10.1. The molecule has 2 N–H and O–H groups in total. The van der Waals surface area contributed by atoms with Crippen molar-refractivity contribution in [3.8, 4) is 17.5 Å². The highest BCUT2D eigenvalue weighted by molar-refractivity contribution is 5.96. The minimum absolute atomic E-state index is 0.115. The number of hydrogen-bond acceptors (Lipinski definition) is 10. The zero-order valence-electron chi connectivity index (χ0n) is 26.1. The maximum atomic E-state index is 13.7. The number of nitrogens with one attached hydrogen (secondary N) is 2. The van der Waals surface area contributed by atoms with Gasteiger partial charge in [-0.1, -0.05) is 12.1 Å². The van der Waals surface area contributed by atoms with E-state index in [1.54, 1.807) is 32.5 Å². The van der Waals surface area contributed by atoms with E-state index in [4.69, 9.17) is 19.2 Å². The number of ether oxygens (including phenoxy) is 3. The molecular formula is C33H37FN8O4. The quantitative estimate of drug-likeness (QED) is 0.225. The van der Waals surface area contributed by atoms with E-state index in [1.165, 1.54) is 23.9 Å². The van der Waals surface area contributed by atoms with Crippen molar-refractivity contribution in [2.75, 3.05) is 70.9 Å². The third-order valence-corrected chi connectivity index (χ3v) is 7.73. The van der Waals surface area contributed by atoms with Gasteiger partial charge in [-0.3, -0.25) is 9.69 Å². The molecule has 0 radical (unpaired) electrons. The minimum Gasteiger partial charge on any atom is -0.496 e. The van der Waals surface area contributed by atoms with Crippen LogP contribution in [0.2, 0.25) is 0 Å². The highest BCUT2D eigenvalue weighted by Gasteiger charge is 2.21. The topological polar surface area (TPSA) is 130 Å². The fraction of sp³-hybridized carbons (Fsp3) is 0.333. The molecule has 1 aliphatic rings. The first kappa shape index (κ1) is 32.4. The van der Waals surface area contributed by atoms with E-state index < -0.39 is 11.7 Å². The monoisotopic (exact) mass is 628 g/mol. The molecule has 0 spiro atoms. The number of nitrogens with zero attached hydrogens (tertiary/aromatic N) is 6. The Balaban J connectivity index is 1.25. The molecule has 3 heterocycles. The van der Waals surface area contributed by atoms with E-state index in [1.807, 2.05) is 24.3 Å². The summed E-state index contributed by atoms with van der Waals surface area (Å²) in [6.45, 7) is 5.85. The molecular weight excluding hydrogens is 591 g/mol. The van der Waals surface area contributed by atoms with Crippen LogP contribution in [0.1, 0.15) is 27.3 Å². The van der Waals surface area contributed by atoms with E-state index in [-0.39, 0.29) is 17.9 Å². The summed E-state index contributed by atoms with van der Waals surface area (Å²) in [5, 5.41) is 20.5.